The number of amides is 2. The summed E-state index contributed by atoms with van der Waals surface area (Å²) in [7, 11) is 0. The molecule has 0 bridgehead atoms. The van der Waals surface area contributed by atoms with Gasteiger partial charge in [-0.05, 0) is 60.1 Å². The molecule has 0 saturated heterocycles. The number of hydrogen-bond donors (Lipinski definition) is 2. The minimum atomic E-state index is -0.297. The summed E-state index contributed by atoms with van der Waals surface area (Å²) in [4.78, 5) is 11.5. The Kier molecular flexibility index (Phi) is 3.63. The molecule has 0 atom stereocenters. The lowest BCUT2D eigenvalue weighted by Crippen LogP contribution is -2.41. The van der Waals surface area contributed by atoms with Crippen LogP contribution in [0.1, 0.15) is 19.3 Å². The molecule has 1 aromatic rings. The first-order valence-electron chi connectivity index (χ1n) is 5.18. The molecule has 0 heterocycles. The van der Waals surface area contributed by atoms with E-state index in [0.717, 1.165) is 12.8 Å². The highest BCUT2D eigenvalue weighted by atomic mass is 127. The van der Waals surface area contributed by atoms with Crippen molar-refractivity contribution in [2.45, 2.75) is 25.3 Å². The van der Waals surface area contributed by atoms with E-state index in [1.807, 2.05) is 22.6 Å². The van der Waals surface area contributed by atoms with Gasteiger partial charge in [0, 0.05) is 9.61 Å². The molecule has 16 heavy (non-hydrogen) atoms. The number of anilines is 1. The van der Waals surface area contributed by atoms with Crippen molar-refractivity contribution < 1.29 is 9.18 Å². The Bertz CT molecular complexity index is 407. The van der Waals surface area contributed by atoms with Crippen LogP contribution in [0.5, 0.6) is 0 Å². The molecule has 5 heteroatoms. The highest BCUT2D eigenvalue weighted by Crippen LogP contribution is 2.20. The molecule has 0 radical (unpaired) electrons. The van der Waals surface area contributed by atoms with Gasteiger partial charge in [-0.2, -0.15) is 0 Å². The zero-order chi connectivity index (χ0) is 11.5. The van der Waals surface area contributed by atoms with Crippen molar-refractivity contribution in [2.24, 2.45) is 0 Å². The van der Waals surface area contributed by atoms with E-state index in [4.69, 9.17) is 0 Å². The molecule has 0 spiro atoms. The van der Waals surface area contributed by atoms with Crippen LogP contribution < -0.4 is 10.6 Å². The van der Waals surface area contributed by atoms with Crippen molar-refractivity contribution in [3.63, 3.8) is 0 Å². The predicted octanol–water partition coefficient (Wildman–Crippen LogP) is 3.10. The van der Waals surface area contributed by atoms with Gasteiger partial charge in [0.15, 0.2) is 0 Å². The third kappa shape index (κ3) is 2.84. The van der Waals surface area contributed by atoms with Gasteiger partial charge in [-0.25, -0.2) is 9.18 Å². The van der Waals surface area contributed by atoms with E-state index < -0.39 is 0 Å². The van der Waals surface area contributed by atoms with Crippen LogP contribution in [0.25, 0.3) is 0 Å². The van der Waals surface area contributed by atoms with Gasteiger partial charge in [0.1, 0.15) is 5.82 Å². The number of halogens is 2. The summed E-state index contributed by atoms with van der Waals surface area (Å²) < 4.78 is 13.5. The van der Waals surface area contributed by atoms with Crippen molar-refractivity contribution in [3.05, 3.63) is 27.6 Å². The van der Waals surface area contributed by atoms with Crippen LogP contribution in [-0.2, 0) is 0 Å². The van der Waals surface area contributed by atoms with Crippen LogP contribution in [0, 0.1) is 9.39 Å². The first-order chi connectivity index (χ1) is 7.65. The van der Waals surface area contributed by atoms with Gasteiger partial charge in [-0.1, -0.05) is 0 Å². The predicted molar refractivity (Wildman–Crippen MR) is 68.9 cm³/mol. The first kappa shape index (κ1) is 11.6. The molecule has 86 valence electrons. The number of hydrogen-bond acceptors (Lipinski definition) is 1. The summed E-state index contributed by atoms with van der Waals surface area (Å²) in [6.07, 6.45) is 3.28. The third-order valence-electron chi connectivity index (χ3n) is 2.62. The zero-order valence-electron chi connectivity index (χ0n) is 8.59. The largest absolute Gasteiger partial charge is 0.335 e. The first-order valence-corrected chi connectivity index (χ1v) is 6.25. The molecule has 0 aromatic heterocycles. The van der Waals surface area contributed by atoms with E-state index in [0.29, 0.717) is 15.3 Å². The van der Waals surface area contributed by atoms with Gasteiger partial charge >= 0.3 is 6.03 Å². The molecular weight excluding hydrogens is 322 g/mol. The normalized spacial score (nSPS) is 15.4. The van der Waals surface area contributed by atoms with Gasteiger partial charge < -0.3 is 10.6 Å². The molecule has 2 N–H and O–H groups in total. The minimum absolute atomic E-state index is 0.214. The lowest BCUT2D eigenvalue weighted by molar-refractivity contribution is 0.240. The zero-order valence-corrected chi connectivity index (χ0v) is 10.8. The summed E-state index contributed by atoms with van der Waals surface area (Å²) in [5, 5.41) is 5.57. The van der Waals surface area contributed by atoms with E-state index in [9.17, 15) is 9.18 Å². The molecule has 1 aliphatic rings. The fourth-order valence-corrected chi connectivity index (χ4v) is 2.10. The molecule has 1 aliphatic carbocycles. The number of urea groups is 1. The van der Waals surface area contributed by atoms with Crippen LogP contribution in [0.2, 0.25) is 0 Å². The monoisotopic (exact) mass is 334 g/mol. The third-order valence-corrected chi connectivity index (χ3v) is 3.51. The second kappa shape index (κ2) is 4.99. The quantitative estimate of drug-likeness (QED) is 0.802. The summed E-state index contributed by atoms with van der Waals surface area (Å²) >= 11 is 1.99. The van der Waals surface area contributed by atoms with Gasteiger partial charge in [-0.15, -0.1) is 0 Å². The minimum Gasteiger partial charge on any atom is -0.335 e. The van der Waals surface area contributed by atoms with Crippen molar-refractivity contribution >= 4 is 34.3 Å². The van der Waals surface area contributed by atoms with E-state index >= 15 is 0 Å². The highest BCUT2D eigenvalue weighted by Gasteiger charge is 2.19. The van der Waals surface area contributed by atoms with Crippen LogP contribution in [-0.4, -0.2) is 12.1 Å². The number of carbonyl (C=O) groups is 1. The Balaban J connectivity index is 1.94. The average molecular weight is 334 g/mol. The van der Waals surface area contributed by atoms with Crippen LogP contribution in [0.15, 0.2) is 18.2 Å². The Hall–Kier alpha value is -0.850. The molecule has 1 aromatic carbocycles. The van der Waals surface area contributed by atoms with Crippen LogP contribution in [0.4, 0.5) is 14.9 Å². The smallest absolute Gasteiger partial charge is 0.319 e. The number of carbonyl (C=O) groups excluding carboxylic acids is 1. The topological polar surface area (TPSA) is 41.1 Å². The SMILES string of the molecule is O=C(Nc1ccc(F)cc1I)NC1CCC1. The van der Waals surface area contributed by atoms with E-state index in [2.05, 4.69) is 10.6 Å². The highest BCUT2D eigenvalue weighted by molar-refractivity contribution is 14.1. The molecule has 2 amide bonds. The fourth-order valence-electron chi connectivity index (χ4n) is 1.49. The van der Waals surface area contributed by atoms with E-state index in [1.54, 1.807) is 6.07 Å². The molecule has 0 aliphatic heterocycles. The lowest BCUT2D eigenvalue weighted by atomic mass is 9.93. The average Bonchev–Trinajstić information content (AvgIpc) is 2.16. The summed E-state index contributed by atoms with van der Waals surface area (Å²) in [6.45, 7) is 0. The lowest BCUT2D eigenvalue weighted by Gasteiger charge is -2.26. The van der Waals surface area contributed by atoms with E-state index in [-0.39, 0.29) is 11.8 Å². The molecule has 2 rings (SSSR count). The number of benzene rings is 1. The summed E-state index contributed by atoms with van der Waals surface area (Å²) in [5.74, 6) is -0.297. The van der Waals surface area contributed by atoms with Crippen LogP contribution in [0.3, 0.4) is 0 Å². The molecule has 1 saturated carbocycles. The van der Waals surface area contributed by atoms with Gasteiger partial charge in [0.05, 0.1) is 5.69 Å². The van der Waals surface area contributed by atoms with Crippen molar-refractivity contribution in [1.82, 2.24) is 5.32 Å². The van der Waals surface area contributed by atoms with Crippen molar-refractivity contribution in [1.29, 1.82) is 0 Å². The molecular formula is C11H12FIN2O. The maximum absolute atomic E-state index is 12.8. The fraction of sp³-hybridized carbons (Fsp3) is 0.364. The second-order valence-electron chi connectivity index (χ2n) is 3.85. The molecule has 1 fully saturated rings. The maximum atomic E-state index is 12.8. The van der Waals surface area contributed by atoms with Gasteiger partial charge in [-0.3, -0.25) is 0 Å². The van der Waals surface area contributed by atoms with E-state index in [1.165, 1.54) is 18.6 Å². The molecule has 3 nitrogen and oxygen atoms in total. The Morgan fingerprint density at radius 1 is 1.44 bits per heavy atom. The van der Waals surface area contributed by atoms with Gasteiger partial charge in [0.2, 0.25) is 0 Å². The maximum Gasteiger partial charge on any atom is 0.319 e. The second-order valence-corrected chi connectivity index (χ2v) is 5.01. The van der Waals surface area contributed by atoms with Crippen LogP contribution >= 0.6 is 22.6 Å². The number of nitrogens with one attached hydrogen (secondary N) is 2. The Labute approximate surface area is 107 Å². The number of rotatable bonds is 2. The Morgan fingerprint density at radius 3 is 2.75 bits per heavy atom. The standard InChI is InChI=1S/C11H12FIN2O/c12-7-4-5-10(9(13)6-7)15-11(16)14-8-2-1-3-8/h4-6,8H,1-3H2,(H2,14,15,16). The molecule has 0 unspecified atom stereocenters. The van der Waals surface area contributed by atoms with Crippen molar-refractivity contribution in [3.8, 4) is 0 Å². The summed E-state index contributed by atoms with van der Waals surface area (Å²) in [6, 6.07) is 4.38. The Morgan fingerprint density at radius 2 is 2.19 bits per heavy atom. The van der Waals surface area contributed by atoms with Gasteiger partial charge in [0.25, 0.3) is 0 Å². The summed E-state index contributed by atoms with van der Waals surface area (Å²) in [5.41, 5.74) is 0.638. The van der Waals surface area contributed by atoms with Crippen molar-refractivity contribution in [2.75, 3.05) is 5.32 Å².